The van der Waals surface area contributed by atoms with E-state index in [1.165, 1.54) is 0 Å². The van der Waals surface area contributed by atoms with Gasteiger partial charge in [-0.3, -0.25) is 9.78 Å². The van der Waals surface area contributed by atoms with Crippen molar-refractivity contribution >= 4 is 22.8 Å². The predicted molar refractivity (Wildman–Crippen MR) is 81.9 cm³/mol. The maximum atomic E-state index is 11.7. The topological polar surface area (TPSA) is 126 Å². The van der Waals surface area contributed by atoms with Crippen molar-refractivity contribution in [1.82, 2.24) is 19.9 Å². The normalized spacial score (nSPS) is 12.6. The van der Waals surface area contributed by atoms with Gasteiger partial charge in [0.2, 0.25) is 5.95 Å². The largest absolute Gasteiger partial charge is 0.399 e. The van der Waals surface area contributed by atoms with Crippen LogP contribution >= 0.6 is 0 Å². The van der Waals surface area contributed by atoms with Gasteiger partial charge in [-0.2, -0.15) is 4.98 Å². The summed E-state index contributed by atoms with van der Waals surface area (Å²) in [5.74, 6) is 1.01. The first-order chi connectivity index (χ1) is 10.0. The SMILES string of the molecule is CC(Cc1nc2nc(N)[nH]c(=O)c2[nH]1)c1ccc(N)cc1. The molecule has 2 aromatic heterocycles. The number of hydrogen-bond donors (Lipinski definition) is 4. The Labute approximate surface area is 120 Å². The summed E-state index contributed by atoms with van der Waals surface area (Å²) < 4.78 is 0. The number of nitrogen functional groups attached to an aromatic ring is 2. The van der Waals surface area contributed by atoms with Gasteiger partial charge in [-0.15, -0.1) is 0 Å². The van der Waals surface area contributed by atoms with E-state index in [0.29, 0.717) is 23.4 Å². The molecule has 108 valence electrons. The van der Waals surface area contributed by atoms with Crippen molar-refractivity contribution < 1.29 is 0 Å². The molecule has 0 aliphatic heterocycles. The van der Waals surface area contributed by atoms with Crippen molar-refractivity contribution in [3.63, 3.8) is 0 Å². The minimum atomic E-state index is -0.309. The van der Waals surface area contributed by atoms with Crippen molar-refractivity contribution in [2.75, 3.05) is 11.5 Å². The molecule has 0 fully saturated rings. The van der Waals surface area contributed by atoms with E-state index in [-0.39, 0.29) is 17.4 Å². The molecule has 0 aliphatic carbocycles. The summed E-state index contributed by atoms with van der Waals surface area (Å²) in [5, 5.41) is 0. The number of nitrogens with one attached hydrogen (secondary N) is 2. The van der Waals surface area contributed by atoms with E-state index in [0.717, 1.165) is 11.3 Å². The number of H-pyrrole nitrogens is 2. The van der Waals surface area contributed by atoms with Crippen LogP contribution in [0.4, 0.5) is 11.6 Å². The number of nitrogens with two attached hydrogens (primary N) is 2. The summed E-state index contributed by atoms with van der Waals surface area (Å²) in [5.41, 5.74) is 13.5. The average molecular weight is 284 g/mol. The average Bonchev–Trinajstić information content (AvgIpc) is 2.82. The molecule has 1 atom stereocenters. The molecule has 3 rings (SSSR count). The van der Waals surface area contributed by atoms with E-state index >= 15 is 0 Å². The summed E-state index contributed by atoms with van der Waals surface area (Å²) >= 11 is 0. The molecule has 1 unspecified atom stereocenters. The predicted octanol–water partition coefficient (Wildman–Crippen LogP) is 1.16. The van der Waals surface area contributed by atoms with Crippen LogP contribution in [0, 0.1) is 0 Å². The van der Waals surface area contributed by atoms with Crippen molar-refractivity contribution in [3.8, 4) is 0 Å². The van der Waals surface area contributed by atoms with E-state index < -0.39 is 0 Å². The van der Waals surface area contributed by atoms with Gasteiger partial charge in [0, 0.05) is 12.1 Å². The first kappa shape index (κ1) is 13.2. The Balaban J connectivity index is 1.89. The van der Waals surface area contributed by atoms with Crippen molar-refractivity contribution in [1.29, 1.82) is 0 Å². The molecule has 1 aromatic carbocycles. The highest BCUT2D eigenvalue weighted by Crippen LogP contribution is 2.20. The van der Waals surface area contributed by atoms with Crippen LogP contribution in [-0.2, 0) is 6.42 Å². The molecule has 0 radical (unpaired) electrons. The van der Waals surface area contributed by atoms with Gasteiger partial charge in [-0.1, -0.05) is 19.1 Å². The van der Waals surface area contributed by atoms with E-state index in [9.17, 15) is 4.79 Å². The van der Waals surface area contributed by atoms with Crippen LogP contribution < -0.4 is 17.0 Å². The Hall–Kier alpha value is -2.83. The third-order valence-electron chi connectivity index (χ3n) is 3.43. The molecule has 0 bridgehead atoms. The van der Waals surface area contributed by atoms with Gasteiger partial charge in [0.05, 0.1) is 0 Å². The molecule has 0 spiro atoms. The third-order valence-corrected chi connectivity index (χ3v) is 3.43. The first-order valence-electron chi connectivity index (χ1n) is 6.63. The first-order valence-corrected chi connectivity index (χ1v) is 6.63. The van der Waals surface area contributed by atoms with Crippen LogP contribution in [0.2, 0.25) is 0 Å². The fraction of sp³-hybridized carbons (Fsp3) is 0.214. The zero-order chi connectivity index (χ0) is 15.0. The second-order valence-corrected chi connectivity index (χ2v) is 5.11. The van der Waals surface area contributed by atoms with Gasteiger partial charge >= 0.3 is 0 Å². The van der Waals surface area contributed by atoms with Crippen molar-refractivity contribution in [2.45, 2.75) is 19.3 Å². The highest BCUT2D eigenvalue weighted by molar-refractivity contribution is 5.70. The summed E-state index contributed by atoms with van der Waals surface area (Å²) in [4.78, 5) is 25.5. The zero-order valence-electron chi connectivity index (χ0n) is 11.6. The maximum absolute atomic E-state index is 11.7. The van der Waals surface area contributed by atoms with Crippen molar-refractivity contribution in [2.24, 2.45) is 0 Å². The molecular formula is C14H16N6O. The Morgan fingerprint density at radius 2 is 1.86 bits per heavy atom. The lowest BCUT2D eigenvalue weighted by Crippen LogP contribution is -2.10. The summed E-state index contributed by atoms with van der Waals surface area (Å²) in [6, 6.07) is 7.73. The number of fused-ring (bicyclic) bond motifs is 1. The monoisotopic (exact) mass is 284 g/mol. The van der Waals surface area contributed by atoms with Crippen molar-refractivity contribution in [3.05, 3.63) is 46.0 Å². The number of aromatic amines is 2. The lowest BCUT2D eigenvalue weighted by Gasteiger charge is -2.10. The fourth-order valence-electron chi connectivity index (χ4n) is 2.30. The maximum Gasteiger partial charge on any atom is 0.278 e. The van der Waals surface area contributed by atoms with Gasteiger partial charge in [-0.05, 0) is 23.6 Å². The Morgan fingerprint density at radius 3 is 2.57 bits per heavy atom. The summed E-state index contributed by atoms with van der Waals surface area (Å²) in [7, 11) is 0. The number of hydrogen-bond acceptors (Lipinski definition) is 5. The van der Waals surface area contributed by atoms with E-state index in [1.54, 1.807) is 0 Å². The Kier molecular flexibility index (Phi) is 3.09. The lowest BCUT2D eigenvalue weighted by atomic mass is 9.97. The molecule has 0 saturated carbocycles. The van der Waals surface area contributed by atoms with Crippen LogP contribution in [0.25, 0.3) is 11.2 Å². The van der Waals surface area contributed by atoms with Gasteiger partial charge in [-0.25, -0.2) is 4.98 Å². The number of nitrogens with zero attached hydrogens (tertiary/aromatic N) is 2. The van der Waals surface area contributed by atoms with Crippen LogP contribution in [-0.4, -0.2) is 19.9 Å². The molecule has 21 heavy (non-hydrogen) atoms. The number of anilines is 2. The molecular weight excluding hydrogens is 268 g/mol. The van der Waals surface area contributed by atoms with Gasteiger partial charge in [0.15, 0.2) is 11.2 Å². The second kappa shape index (κ2) is 4.93. The van der Waals surface area contributed by atoms with E-state index in [4.69, 9.17) is 11.5 Å². The Bertz CT molecular complexity index is 833. The highest BCUT2D eigenvalue weighted by atomic mass is 16.1. The van der Waals surface area contributed by atoms with Gasteiger partial charge in [0.25, 0.3) is 5.56 Å². The number of aromatic nitrogens is 4. The number of rotatable bonds is 3. The summed E-state index contributed by atoms with van der Waals surface area (Å²) in [6.45, 7) is 2.09. The molecule has 6 N–H and O–H groups in total. The molecule has 3 aromatic rings. The number of benzene rings is 1. The highest BCUT2D eigenvalue weighted by Gasteiger charge is 2.12. The van der Waals surface area contributed by atoms with Crippen LogP contribution in [0.5, 0.6) is 0 Å². The lowest BCUT2D eigenvalue weighted by molar-refractivity contribution is 0.729. The standard InChI is InChI=1S/C14H16N6O/c1-7(8-2-4-9(15)5-3-8)6-10-17-11-12(18-10)19-14(16)20-13(11)21/h2-5,7H,6,15H2,1H3,(H4,16,17,18,19,20,21). The molecule has 7 nitrogen and oxygen atoms in total. The smallest absolute Gasteiger partial charge is 0.278 e. The van der Waals surface area contributed by atoms with Crippen LogP contribution in [0.15, 0.2) is 29.1 Å². The second-order valence-electron chi connectivity index (χ2n) is 5.11. The van der Waals surface area contributed by atoms with Crippen LogP contribution in [0.3, 0.4) is 0 Å². The zero-order valence-corrected chi connectivity index (χ0v) is 11.6. The van der Waals surface area contributed by atoms with Gasteiger partial charge in [0.1, 0.15) is 5.82 Å². The minimum Gasteiger partial charge on any atom is -0.399 e. The third kappa shape index (κ3) is 2.58. The summed E-state index contributed by atoms with van der Waals surface area (Å²) in [6.07, 6.45) is 0.666. The molecule has 0 saturated heterocycles. The van der Waals surface area contributed by atoms with E-state index in [1.807, 2.05) is 24.3 Å². The quantitative estimate of drug-likeness (QED) is 0.537. The molecule has 2 heterocycles. The number of imidazole rings is 1. The molecule has 7 heteroatoms. The molecule has 0 aliphatic rings. The molecule has 0 amide bonds. The van der Waals surface area contributed by atoms with Crippen LogP contribution in [0.1, 0.15) is 24.2 Å². The van der Waals surface area contributed by atoms with Gasteiger partial charge < -0.3 is 16.5 Å². The minimum absolute atomic E-state index is 0.0668. The Morgan fingerprint density at radius 1 is 1.14 bits per heavy atom. The fourth-order valence-corrected chi connectivity index (χ4v) is 2.30. The van der Waals surface area contributed by atoms with E-state index in [2.05, 4.69) is 26.9 Å².